The zero-order chi connectivity index (χ0) is 10.6. The average Bonchev–Trinajstić information content (AvgIpc) is 2.20. The summed E-state index contributed by atoms with van der Waals surface area (Å²) >= 11 is 0. The first-order chi connectivity index (χ1) is 6.72. The maximum absolute atomic E-state index is 8.82. The van der Waals surface area contributed by atoms with E-state index in [1.54, 1.807) is 6.07 Å². The topological polar surface area (TPSA) is 82.8 Å². The molecule has 0 saturated carbocycles. The van der Waals surface area contributed by atoms with E-state index < -0.39 is 0 Å². The monoisotopic (exact) mass is 187 g/mol. The van der Waals surface area contributed by atoms with Gasteiger partial charge in [0.25, 0.3) is 0 Å². The summed E-state index contributed by atoms with van der Waals surface area (Å²) in [6.45, 7) is 0. The minimum Gasteiger partial charge on any atom is -0.496 e. The Morgan fingerprint density at radius 3 is 2.64 bits per heavy atom. The number of nitrogens with two attached hydrogens (primary N) is 1. The van der Waals surface area contributed by atoms with Crippen LogP contribution in [0.15, 0.2) is 12.1 Å². The molecule has 4 heteroatoms. The summed E-state index contributed by atoms with van der Waals surface area (Å²) in [5, 5.41) is 17.4. The van der Waals surface area contributed by atoms with Crippen LogP contribution in [0.5, 0.6) is 5.75 Å². The molecule has 2 N–H and O–H groups in total. The van der Waals surface area contributed by atoms with Crippen molar-refractivity contribution in [3.05, 3.63) is 23.3 Å². The number of nitrogens with zero attached hydrogens (tertiary/aromatic N) is 2. The SMILES string of the molecule is COc1cc(N)cc(C#N)c1CC#N. The van der Waals surface area contributed by atoms with E-state index in [9.17, 15) is 0 Å². The van der Waals surface area contributed by atoms with Gasteiger partial charge >= 0.3 is 0 Å². The Labute approximate surface area is 82.1 Å². The lowest BCUT2D eigenvalue weighted by Crippen LogP contribution is -1.97. The fourth-order valence-electron chi connectivity index (χ4n) is 1.21. The van der Waals surface area contributed by atoms with Gasteiger partial charge < -0.3 is 10.5 Å². The molecule has 0 bridgehead atoms. The molecule has 0 heterocycles. The molecular weight excluding hydrogens is 178 g/mol. The van der Waals surface area contributed by atoms with Crippen molar-refractivity contribution in [2.45, 2.75) is 6.42 Å². The number of rotatable bonds is 2. The number of methoxy groups -OCH3 is 1. The highest BCUT2D eigenvalue weighted by atomic mass is 16.5. The van der Waals surface area contributed by atoms with Crippen LogP contribution in [-0.4, -0.2) is 7.11 Å². The molecule has 0 amide bonds. The van der Waals surface area contributed by atoms with Crippen LogP contribution in [0.2, 0.25) is 0 Å². The zero-order valence-electron chi connectivity index (χ0n) is 7.74. The summed E-state index contributed by atoms with van der Waals surface area (Å²) < 4.78 is 5.04. The van der Waals surface area contributed by atoms with Gasteiger partial charge in [-0.15, -0.1) is 0 Å². The van der Waals surface area contributed by atoms with E-state index in [2.05, 4.69) is 0 Å². The fourth-order valence-corrected chi connectivity index (χ4v) is 1.21. The van der Waals surface area contributed by atoms with Crippen LogP contribution in [0.25, 0.3) is 0 Å². The Kier molecular flexibility index (Phi) is 2.93. The van der Waals surface area contributed by atoms with Crippen molar-refractivity contribution in [3.8, 4) is 17.9 Å². The van der Waals surface area contributed by atoms with Crippen molar-refractivity contribution in [2.75, 3.05) is 12.8 Å². The van der Waals surface area contributed by atoms with Gasteiger partial charge in [-0.2, -0.15) is 10.5 Å². The Bertz CT molecular complexity index is 426. The third kappa shape index (κ3) is 1.75. The second-order valence-corrected chi connectivity index (χ2v) is 2.70. The van der Waals surface area contributed by atoms with Gasteiger partial charge in [-0.25, -0.2) is 0 Å². The Morgan fingerprint density at radius 1 is 1.43 bits per heavy atom. The number of hydrogen-bond donors (Lipinski definition) is 1. The van der Waals surface area contributed by atoms with Crippen LogP contribution < -0.4 is 10.5 Å². The van der Waals surface area contributed by atoms with Crippen LogP contribution in [0, 0.1) is 22.7 Å². The highest BCUT2D eigenvalue weighted by Gasteiger charge is 2.09. The second-order valence-electron chi connectivity index (χ2n) is 2.70. The standard InChI is InChI=1S/C10H9N3O/c1-14-10-5-8(13)4-7(6-12)9(10)2-3-11/h4-5H,2,13H2,1H3. The maximum Gasteiger partial charge on any atom is 0.126 e. The number of anilines is 1. The molecule has 0 fully saturated rings. The second kappa shape index (κ2) is 4.15. The molecule has 14 heavy (non-hydrogen) atoms. The first-order valence-corrected chi connectivity index (χ1v) is 3.96. The Balaban J connectivity index is 3.36. The smallest absolute Gasteiger partial charge is 0.126 e. The van der Waals surface area contributed by atoms with E-state index in [1.807, 2.05) is 12.1 Å². The summed E-state index contributed by atoms with van der Waals surface area (Å²) in [7, 11) is 1.48. The largest absolute Gasteiger partial charge is 0.496 e. The molecule has 0 atom stereocenters. The molecule has 0 aliphatic carbocycles. The molecule has 4 nitrogen and oxygen atoms in total. The van der Waals surface area contributed by atoms with Crippen LogP contribution in [0.3, 0.4) is 0 Å². The van der Waals surface area contributed by atoms with E-state index >= 15 is 0 Å². The number of hydrogen-bond acceptors (Lipinski definition) is 4. The van der Waals surface area contributed by atoms with Gasteiger partial charge in [0.15, 0.2) is 0 Å². The van der Waals surface area contributed by atoms with Crippen molar-refractivity contribution in [3.63, 3.8) is 0 Å². The number of benzene rings is 1. The molecule has 0 spiro atoms. The van der Waals surface area contributed by atoms with Crippen LogP contribution in [-0.2, 0) is 6.42 Å². The van der Waals surface area contributed by atoms with Crippen LogP contribution >= 0.6 is 0 Å². The lowest BCUT2D eigenvalue weighted by Gasteiger charge is -2.08. The number of nitriles is 2. The highest BCUT2D eigenvalue weighted by Crippen LogP contribution is 2.25. The van der Waals surface area contributed by atoms with Crippen LogP contribution in [0.4, 0.5) is 5.69 Å². The molecule has 0 radical (unpaired) electrons. The van der Waals surface area contributed by atoms with Crippen molar-refractivity contribution < 1.29 is 4.74 Å². The van der Waals surface area contributed by atoms with Crippen LogP contribution in [0.1, 0.15) is 11.1 Å². The Morgan fingerprint density at radius 2 is 2.14 bits per heavy atom. The fraction of sp³-hybridized carbons (Fsp3) is 0.200. The first-order valence-electron chi connectivity index (χ1n) is 3.96. The molecule has 1 aromatic carbocycles. The predicted octanol–water partition coefficient (Wildman–Crippen LogP) is 1.22. The van der Waals surface area contributed by atoms with E-state index in [4.69, 9.17) is 21.0 Å². The molecule has 0 aliphatic rings. The minimum absolute atomic E-state index is 0.145. The lowest BCUT2D eigenvalue weighted by molar-refractivity contribution is 0.411. The van der Waals surface area contributed by atoms with Gasteiger partial charge in [0.05, 0.1) is 31.2 Å². The van der Waals surface area contributed by atoms with E-state index in [-0.39, 0.29) is 6.42 Å². The summed E-state index contributed by atoms with van der Waals surface area (Å²) in [5.74, 6) is 0.489. The summed E-state index contributed by atoms with van der Waals surface area (Å²) in [5.41, 5.74) is 7.00. The van der Waals surface area contributed by atoms with E-state index in [1.165, 1.54) is 13.2 Å². The molecule has 1 aromatic rings. The molecule has 1 rings (SSSR count). The lowest BCUT2D eigenvalue weighted by atomic mass is 10.0. The quantitative estimate of drug-likeness (QED) is 0.705. The normalized spacial score (nSPS) is 8.79. The molecule has 0 aliphatic heterocycles. The molecule has 0 saturated heterocycles. The highest BCUT2D eigenvalue weighted by molar-refractivity contribution is 5.57. The number of ether oxygens (including phenoxy) is 1. The van der Waals surface area contributed by atoms with E-state index in [0.717, 1.165) is 0 Å². The van der Waals surface area contributed by atoms with Crippen molar-refractivity contribution in [1.82, 2.24) is 0 Å². The Hall–Kier alpha value is -2.20. The first kappa shape index (κ1) is 9.88. The van der Waals surface area contributed by atoms with Crippen molar-refractivity contribution >= 4 is 5.69 Å². The van der Waals surface area contributed by atoms with Gasteiger partial charge in [0, 0.05) is 17.3 Å². The summed E-state index contributed by atoms with van der Waals surface area (Å²) in [6, 6.07) is 7.11. The third-order valence-electron chi connectivity index (χ3n) is 1.83. The van der Waals surface area contributed by atoms with Gasteiger partial charge in [0.2, 0.25) is 0 Å². The molecular formula is C10H9N3O. The molecule has 70 valence electrons. The minimum atomic E-state index is 0.145. The van der Waals surface area contributed by atoms with Gasteiger partial charge in [-0.1, -0.05) is 0 Å². The van der Waals surface area contributed by atoms with E-state index in [0.29, 0.717) is 22.6 Å². The number of nitrogen functional groups attached to an aromatic ring is 1. The molecule has 0 aromatic heterocycles. The van der Waals surface area contributed by atoms with Crippen molar-refractivity contribution in [2.24, 2.45) is 0 Å². The van der Waals surface area contributed by atoms with Gasteiger partial charge in [-0.3, -0.25) is 0 Å². The predicted molar refractivity (Wildman–Crippen MR) is 51.4 cm³/mol. The van der Waals surface area contributed by atoms with Gasteiger partial charge in [-0.05, 0) is 6.07 Å². The molecule has 0 unspecified atom stereocenters. The van der Waals surface area contributed by atoms with Crippen molar-refractivity contribution in [1.29, 1.82) is 10.5 Å². The summed E-state index contributed by atoms with van der Waals surface area (Å²) in [6.07, 6.45) is 0.145. The average molecular weight is 187 g/mol. The third-order valence-corrected chi connectivity index (χ3v) is 1.83. The summed E-state index contributed by atoms with van der Waals surface area (Å²) in [4.78, 5) is 0. The maximum atomic E-state index is 8.82. The zero-order valence-corrected chi connectivity index (χ0v) is 7.74. The van der Waals surface area contributed by atoms with Gasteiger partial charge in [0.1, 0.15) is 5.75 Å².